The Bertz CT molecular complexity index is 919. The zero-order valence-corrected chi connectivity index (χ0v) is 15.7. The minimum absolute atomic E-state index is 0.0109. The molecule has 2 aromatic heterocycles. The maximum Gasteiger partial charge on any atom is 0.246 e. The standard InChI is InChI=1S/C14H19ClN6O3S/c1-9-12(13(15)20(3)17-9)25(23,24)18-10-5-4-8-21(14(10)22)11-6-7-16-19(11)2/h6-7,10,18H,4-5,8H2,1-3H3/t10-/m0/s1. The van der Waals surface area contributed by atoms with Crippen LogP contribution >= 0.6 is 11.6 Å². The molecule has 1 aliphatic rings. The number of halogens is 1. The molecule has 0 radical (unpaired) electrons. The Labute approximate surface area is 150 Å². The third kappa shape index (κ3) is 3.16. The van der Waals surface area contributed by atoms with Crippen molar-refractivity contribution in [1.29, 1.82) is 0 Å². The molecule has 3 rings (SSSR count). The molecule has 0 spiro atoms. The number of hydrogen-bond donors (Lipinski definition) is 1. The first kappa shape index (κ1) is 17.9. The highest BCUT2D eigenvalue weighted by Gasteiger charge is 2.36. The van der Waals surface area contributed by atoms with Crippen LogP contribution in [-0.2, 0) is 28.9 Å². The maximum absolute atomic E-state index is 12.8. The van der Waals surface area contributed by atoms with Gasteiger partial charge >= 0.3 is 0 Å². The summed E-state index contributed by atoms with van der Waals surface area (Å²) in [4.78, 5) is 14.2. The molecule has 1 fully saturated rings. The molecule has 3 heterocycles. The van der Waals surface area contributed by atoms with Gasteiger partial charge in [-0.15, -0.1) is 0 Å². The van der Waals surface area contributed by atoms with Gasteiger partial charge in [0.1, 0.15) is 21.9 Å². The van der Waals surface area contributed by atoms with Gasteiger partial charge in [-0.25, -0.2) is 8.42 Å². The first-order valence-electron chi connectivity index (χ1n) is 7.73. The SMILES string of the molecule is Cc1nn(C)c(Cl)c1S(=O)(=O)N[C@H]1CCCN(c2ccnn2C)C1=O. The largest absolute Gasteiger partial charge is 0.296 e. The lowest BCUT2D eigenvalue weighted by molar-refractivity contribution is -0.121. The second kappa shape index (κ2) is 6.43. The Balaban J connectivity index is 1.87. The van der Waals surface area contributed by atoms with Crippen LogP contribution in [0.3, 0.4) is 0 Å². The van der Waals surface area contributed by atoms with Gasteiger partial charge in [0.25, 0.3) is 0 Å². The summed E-state index contributed by atoms with van der Waals surface area (Å²) < 4.78 is 30.8. The average molecular weight is 387 g/mol. The Kier molecular flexibility index (Phi) is 4.60. The van der Waals surface area contributed by atoms with Gasteiger partial charge in [-0.2, -0.15) is 14.9 Å². The van der Waals surface area contributed by atoms with Crippen LogP contribution in [0.25, 0.3) is 0 Å². The summed E-state index contributed by atoms with van der Waals surface area (Å²) >= 11 is 6.06. The number of piperidine rings is 1. The van der Waals surface area contributed by atoms with Crippen LogP contribution in [0.1, 0.15) is 18.5 Å². The third-order valence-corrected chi connectivity index (χ3v) is 6.34. The van der Waals surface area contributed by atoms with Crippen LogP contribution in [0, 0.1) is 6.92 Å². The number of amides is 1. The van der Waals surface area contributed by atoms with Crippen molar-refractivity contribution < 1.29 is 13.2 Å². The smallest absolute Gasteiger partial charge is 0.246 e. The fourth-order valence-corrected chi connectivity index (χ4v) is 4.98. The van der Waals surface area contributed by atoms with E-state index in [0.717, 1.165) is 0 Å². The summed E-state index contributed by atoms with van der Waals surface area (Å²) in [6.07, 6.45) is 2.68. The number of nitrogens with zero attached hydrogens (tertiary/aromatic N) is 5. The highest BCUT2D eigenvalue weighted by Crippen LogP contribution is 2.26. The van der Waals surface area contributed by atoms with Crippen molar-refractivity contribution in [3.8, 4) is 0 Å². The van der Waals surface area contributed by atoms with Crippen LogP contribution in [0.15, 0.2) is 17.2 Å². The number of carbonyl (C=O) groups excluding carboxylic acids is 1. The van der Waals surface area contributed by atoms with E-state index in [1.54, 1.807) is 42.9 Å². The van der Waals surface area contributed by atoms with E-state index in [2.05, 4.69) is 14.9 Å². The minimum atomic E-state index is -3.97. The van der Waals surface area contributed by atoms with E-state index in [1.165, 1.54) is 4.68 Å². The van der Waals surface area contributed by atoms with Crippen molar-refractivity contribution in [2.24, 2.45) is 14.1 Å². The maximum atomic E-state index is 12.8. The number of nitrogens with one attached hydrogen (secondary N) is 1. The van der Waals surface area contributed by atoms with Gasteiger partial charge in [0.15, 0.2) is 0 Å². The van der Waals surface area contributed by atoms with Crippen LogP contribution in [0.2, 0.25) is 5.15 Å². The number of sulfonamides is 1. The Hall–Kier alpha value is -1.91. The molecule has 9 nitrogen and oxygen atoms in total. The second-order valence-corrected chi connectivity index (χ2v) is 7.96. The van der Waals surface area contributed by atoms with Crippen LogP contribution in [-0.4, -0.2) is 46.5 Å². The van der Waals surface area contributed by atoms with E-state index in [9.17, 15) is 13.2 Å². The summed E-state index contributed by atoms with van der Waals surface area (Å²) in [6, 6.07) is 0.862. The summed E-state index contributed by atoms with van der Waals surface area (Å²) in [5.41, 5.74) is 0.284. The number of rotatable bonds is 4. The first-order valence-corrected chi connectivity index (χ1v) is 9.59. The third-order valence-electron chi connectivity index (χ3n) is 4.18. The van der Waals surface area contributed by atoms with E-state index < -0.39 is 16.1 Å². The fraction of sp³-hybridized carbons (Fsp3) is 0.500. The lowest BCUT2D eigenvalue weighted by Gasteiger charge is -2.32. The van der Waals surface area contributed by atoms with E-state index in [-0.39, 0.29) is 21.6 Å². The van der Waals surface area contributed by atoms with Crippen LogP contribution < -0.4 is 9.62 Å². The number of hydrogen-bond acceptors (Lipinski definition) is 5. The molecule has 0 aromatic carbocycles. The molecule has 0 aliphatic carbocycles. The van der Waals surface area contributed by atoms with E-state index >= 15 is 0 Å². The van der Waals surface area contributed by atoms with Gasteiger partial charge < -0.3 is 0 Å². The van der Waals surface area contributed by atoms with Gasteiger partial charge in [0.05, 0.1) is 11.9 Å². The predicted molar refractivity (Wildman–Crippen MR) is 91.9 cm³/mol. The lowest BCUT2D eigenvalue weighted by Crippen LogP contribution is -2.52. The zero-order valence-electron chi connectivity index (χ0n) is 14.1. The Morgan fingerprint density at radius 3 is 2.60 bits per heavy atom. The van der Waals surface area contributed by atoms with Crippen molar-refractivity contribution in [2.75, 3.05) is 11.4 Å². The van der Waals surface area contributed by atoms with Gasteiger partial charge in [-0.3, -0.25) is 19.1 Å². The summed E-state index contributed by atoms with van der Waals surface area (Å²) in [7, 11) is -0.680. The predicted octanol–water partition coefficient (Wildman–Crippen LogP) is 0.589. The molecule has 1 aliphatic heterocycles. The first-order chi connectivity index (χ1) is 11.7. The lowest BCUT2D eigenvalue weighted by atomic mass is 10.1. The quantitative estimate of drug-likeness (QED) is 0.828. The molecule has 1 atom stereocenters. The van der Waals surface area contributed by atoms with E-state index in [4.69, 9.17) is 11.6 Å². The molecule has 0 unspecified atom stereocenters. The molecule has 1 saturated heterocycles. The van der Waals surface area contributed by atoms with Crippen LogP contribution in [0.4, 0.5) is 5.82 Å². The molecule has 2 aromatic rings. The number of carbonyl (C=O) groups is 1. The molecule has 136 valence electrons. The van der Waals surface area contributed by atoms with Crippen molar-refractivity contribution in [2.45, 2.75) is 30.7 Å². The molecule has 11 heteroatoms. The molecular weight excluding hydrogens is 368 g/mol. The average Bonchev–Trinajstić information content (AvgIpc) is 3.05. The Morgan fingerprint density at radius 2 is 2.04 bits per heavy atom. The van der Waals surface area contributed by atoms with Gasteiger partial charge in [0, 0.05) is 26.7 Å². The Morgan fingerprint density at radius 1 is 1.32 bits per heavy atom. The van der Waals surface area contributed by atoms with Crippen molar-refractivity contribution in [3.63, 3.8) is 0 Å². The van der Waals surface area contributed by atoms with Crippen molar-refractivity contribution in [3.05, 3.63) is 23.1 Å². The van der Waals surface area contributed by atoms with E-state index in [0.29, 0.717) is 25.2 Å². The second-order valence-electron chi connectivity index (χ2n) is 5.95. The number of anilines is 1. The van der Waals surface area contributed by atoms with E-state index in [1.807, 2.05) is 0 Å². The molecule has 0 saturated carbocycles. The summed E-state index contributed by atoms with van der Waals surface area (Å²) in [5, 5.41) is 8.08. The molecule has 25 heavy (non-hydrogen) atoms. The summed E-state index contributed by atoms with van der Waals surface area (Å²) in [5.74, 6) is 0.320. The normalized spacial score (nSPS) is 18.8. The summed E-state index contributed by atoms with van der Waals surface area (Å²) in [6.45, 7) is 2.08. The molecule has 1 N–H and O–H groups in total. The van der Waals surface area contributed by atoms with Gasteiger partial charge in [-0.05, 0) is 19.8 Å². The molecule has 1 amide bonds. The molecule has 0 bridgehead atoms. The van der Waals surface area contributed by atoms with Crippen molar-refractivity contribution in [1.82, 2.24) is 24.3 Å². The fourth-order valence-electron chi connectivity index (χ4n) is 3.01. The molecular formula is C14H19ClN6O3S. The topological polar surface area (TPSA) is 102 Å². The van der Waals surface area contributed by atoms with Gasteiger partial charge in [-0.1, -0.05) is 11.6 Å². The monoisotopic (exact) mass is 386 g/mol. The number of aromatic nitrogens is 4. The van der Waals surface area contributed by atoms with Gasteiger partial charge in [0.2, 0.25) is 15.9 Å². The zero-order chi connectivity index (χ0) is 18.4. The highest BCUT2D eigenvalue weighted by molar-refractivity contribution is 7.89. The highest BCUT2D eigenvalue weighted by atomic mass is 35.5. The minimum Gasteiger partial charge on any atom is -0.296 e. The number of aryl methyl sites for hydroxylation is 3. The van der Waals surface area contributed by atoms with Crippen LogP contribution in [0.5, 0.6) is 0 Å². The van der Waals surface area contributed by atoms with Crippen molar-refractivity contribution >= 4 is 33.3 Å².